The minimum absolute atomic E-state index is 0.0184. The summed E-state index contributed by atoms with van der Waals surface area (Å²) in [7, 11) is 1.43. The van der Waals surface area contributed by atoms with Crippen LogP contribution in [0.25, 0.3) is 16.9 Å². The summed E-state index contributed by atoms with van der Waals surface area (Å²) >= 11 is 0. The highest BCUT2D eigenvalue weighted by molar-refractivity contribution is 6.08. The normalized spacial score (nSPS) is 11.7. The number of hydrogen-bond donors (Lipinski definition) is 1. The van der Waals surface area contributed by atoms with E-state index in [0.29, 0.717) is 15.8 Å². The Morgan fingerprint density at radius 1 is 0.975 bits per heavy atom. The molecule has 3 heterocycles. The van der Waals surface area contributed by atoms with Gasteiger partial charge in [-0.25, -0.2) is 27.1 Å². The molecule has 1 amide bonds. The van der Waals surface area contributed by atoms with Crippen molar-refractivity contribution in [1.82, 2.24) is 24.4 Å². The summed E-state index contributed by atoms with van der Waals surface area (Å²) in [6.45, 7) is -0.650. The number of benzene rings is 2. The molecule has 15 heteroatoms. The maximum absolute atomic E-state index is 14.0. The number of ether oxygens (including phenoxy) is 1. The van der Waals surface area contributed by atoms with E-state index in [1.807, 2.05) is 0 Å². The molecule has 5 rings (SSSR count). The van der Waals surface area contributed by atoms with Crippen LogP contribution in [0, 0.1) is 23.3 Å². The standard InChI is InChI=1S/C25H15F7N6O2/c1-40-14-4-2-12(3-5-14)19-7-20(25(30,31)32)38-23(36-19)15(9-34-38)24(39)35-13-8-33-37(10-13)11-16-17(26)6-18(27)22(29)21(16)28/h2-10H,11H2,1H3,(H,35,39). The third kappa shape index (κ3) is 4.92. The molecule has 0 aliphatic rings. The Balaban J connectivity index is 1.46. The molecule has 0 saturated heterocycles. The van der Waals surface area contributed by atoms with Crippen LogP contribution in [-0.2, 0) is 12.7 Å². The smallest absolute Gasteiger partial charge is 0.433 e. The first-order chi connectivity index (χ1) is 19.0. The first-order valence-corrected chi connectivity index (χ1v) is 11.2. The number of nitrogens with one attached hydrogen (secondary N) is 1. The summed E-state index contributed by atoms with van der Waals surface area (Å²) in [4.78, 5) is 17.2. The minimum atomic E-state index is -4.84. The van der Waals surface area contributed by atoms with Crippen molar-refractivity contribution in [2.24, 2.45) is 0 Å². The molecule has 3 aromatic heterocycles. The van der Waals surface area contributed by atoms with E-state index >= 15 is 0 Å². The molecule has 2 aromatic carbocycles. The zero-order valence-corrected chi connectivity index (χ0v) is 20.1. The van der Waals surface area contributed by atoms with Gasteiger partial charge in [0.15, 0.2) is 28.8 Å². The average Bonchev–Trinajstić information content (AvgIpc) is 3.55. The van der Waals surface area contributed by atoms with E-state index in [0.717, 1.165) is 29.3 Å². The van der Waals surface area contributed by atoms with Crippen LogP contribution in [0.5, 0.6) is 5.75 Å². The molecule has 1 N–H and O–H groups in total. The molecular weight excluding hydrogens is 549 g/mol. The summed E-state index contributed by atoms with van der Waals surface area (Å²) < 4.78 is 103. The highest BCUT2D eigenvalue weighted by Crippen LogP contribution is 2.33. The maximum Gasteiger partial charge on any atom is 0.433 e. The van der Waals surface area contributed by atoms with Gasteiger partial charge in [-0.2, -0.15) is 23.4 Å². The van der Waals surface area contributed by atoms with E-state index in [-0.39, 0.29) is 23.0 Å². The molecule has 0 bridgehead atoms. The zero-order chi connectivity index (χ0) is 28.8. The van der Waals surface area contributed by atoms with Crippen molar-refractivity contribution >= 4 is 17.2 Å². The van der Waals surface area contributed by atoms with Crippen molar-refractivity contribution in [1.29, 1.82) is 0 Å². The number of methoxy groups -OCH3 is 1. The molecule has 0 saturated carbocycles. The lowest BCUT2D eigenvalue weighted by atomic mass is 10.1. The molecule has 0 aliphatic heterocycles. The van der Waals surface area contributed by atoms with Gasteiger partial charge in [-0.1, -0.05) is 0 Å². The van der Waals surface area contributed by atoms with Crippen molar-refractivity contribution in [3.05, 3.63) is 95.1 Å². The Morgan fingerprint density at radius 3 is 2.38 bits per heavy atom. The Bertz CT molecular complexity index is 1750. The zero-order valence-electron chi connectivity index (χ0n) is 20.1. The summed E-state index contributed by atoms with van der Waals surface area (Å²) in [6.07, 6.45) is -1.73. The maximum atomic E-state index is 14.0. The van der Waals surface area contributed by atoms with Gasteiger partial charge in [0, 0.05) is 23.4 Å². The number of rotatable bonds is 6. The van der Waals surface area contributed by atoms with E-state index in [1.54, 1.807) is 0 Å². The van der Waals surface area contributed by atoms with Gasteiger partial charge in [0.2, 0.25) is 0 Å². The number of halogens is 7. The van der Waals surface area contributed by atoms with Gasteiger partial charge in [-0.3, -0.25) is 9.48 Å². The lowest BCUT2D eigenvalue weighted by Gasteiger charge is -2.12. The number of nitrogens with zero attached hydrogens (tertiary/aromatic N) is 5. The van der Waals surface area contributed by atoms with Crippen molar-refractivity contribution < 1.29 is 40.3 Å². The molecule has 0 unspecified atom stereocenters. The first-order valence-electron chi connectivity index (χ1n) is 11.2. The van der Waals surface area contributed by atoms with Gasteiger partial charge in [-0.15, -0.1) is 0 Å². The number of amides is 1. The number of anilines is 1. The quantitative estimate of drug-likeness (QED) is 0.168. The number of alkyl halides is 3. The van der Waals surface area contributed by atoms with Crippen LogP contribution in [0.4, 0.5) is 36.4 Å². The predicted molar refractivity (Wildman–Crippen MR) is 126 cm³/mol. The van der Waals surface area contributed by atoms with Crippen LogP contribution in [0.3, 0.4) is 0 Å². The Kier molecular flexibility index (Phi) is 6.65. The fourth-order valence-corrected chi connectivity index (χ4v) is 3.86. The largest absolute Gasteiger partial charge is 0.497 e. The van der Waals surface area contributed by atoms with Crippen LogP contribution in [-0.4, -0.2) is 37.4 Å². The number of aromatic nitrogens is 5. The molecule has 40 heavy (non-hydrogen) atoms. The van der Waals surface area contributed by atoms with E-state index in [9.17, 15) is 35.5 Å². The lowest BCUT2D eigenvalue weighted by molar-refractivity contribution is -0.142. The van der Waals surface area contributed by atoms with E-state index in [4.69, 9.17) is 4.74 Å². The molecule has 0 aliphatic carbocycles. The average molecular weight is 564 g/mol. The number of fused-ring (bicyclic) bond motifs is 1. The molecule has 206 valence electrons. The third-order valence-electron chi connectivity index (χ3n) is 5.81. The Labute approximate surface area is 219 Å². The second-order valence-corrected chi connectivity index (χ2v) is 8.37. The summed E-state index contributed by atoms with van der Waals surface area (Å²) in [5.41, 5.74) is -2.47. The van der Waals surface area contributed by atoms with Gasteiger partial charge >= 0.3 is 6.18 Å². The molecule has 0 spiro atoms. The summed E-state index contributed by atoms with van der Waals surface area (Å²) in [5, 5.41) is 9.89. The summed E-state index contributed by atoms with van der Waals surface area (Å²) in [5.74, 6) is -7.07. The van der Waals surface area contributed by atoms with Gasteiger partial charge in [0.05, 0.1) is 37.4 Å². The van der Waals surface area contributed by atoms with Crippen molar-refractivity contribution in [2.45, 2.75) is 12.7 Å². The van der Waals surface area contributed by atoms with Gasteiger partial charge in [0.1, 0.15) is 17.1 Å². The molecule has 5 aromatic rings. The van der Waals surface area contributed by atoms with E-state index < -0.39 is 58.8 Å². The molecule has 8 nitrogen and oxygen atoms in total. The first kappa shape index (κ1) is 26.6. The van der Waals surface area contributed by atoms with Crippen molar-refractivity contribution in [3.8, 4) is 17.0 Å². The van der Waals surface area contributed by atoms with Crippen LogP contribution >= 0.6 is 0 Å². The van der Waals surface area contributed by atoms with Gasteiger partial charge < -0.3 is 10.1 Å². The predicted octanol–water partition coefficient (Wildman–Crippen LogP) is 5.48. The number of carbonyl (C=O) groups is 1. The number of carbonyl (C=O) groups excluding carboxylic acids is 1. The van der Waals surface area contributed by atoms with E-state index in [2.05, 4.69) is 20.5 Å². The molecule has 0 atom stereocenters. The van der Waals surface area contributed by atoms with Gasteiger partial charge in [0.25, 0.3) is 5.91 Å². The van der Waals surface area contributed by atoms with Crippen LogP contribution in [0.15, 0.2) is 55.0 Å². The monoisotopic (exact) mass is 564 g/mol. The lowest BCUT2D eigenvalue weighted by Crippen LogP contribution is -2.15. The molecular formula is C25H15F7N6O2. The van der Waals surface area contributed by atoms with Crippen LogP contribution in [0.1, 0.15) is 21.6 Å². The molecule has 0 fully saturated rings. The fourth-order valence-electron chi connectivity index (χ4n) is 3.86. The second-order valence-electron chi connectivity index (χ2n) is 8.37. The topological polar surface area (TPSA) is 86.3 Å². The van der Waals surface area contributed by atoms with Gasteiger partial charge in [-0.05, 0) is 30.3 Å². The van der Waals surface area contributed by atoms with Crippen molar-refractivity contribution in [2.75, 3.05) is 12.4 Å². The minimum Gasteiger partial charge on any atom is -0.497 e. The van der Waals surface area contributed by atoms with Crippen LogP contribution < -0.4 is 10.1 Å². The number of hydrogen-bond acceptors (Lipinski definition) is 5. The Morgan fingerprint density at radius 2 is 1.70 bits per heavy atom. The second kappa shape index (κ2) is 9.98. The molecule has 0 radical (unpaired) electrons. The fraction of sp³-hybridized carbons (Fsp3) is 0.120. The van der Waals surface area contributed by atoms with Crippen LogP contribution in [0.2, 0.25) is 0 Å². The van der Waals surface area contributed by atoms with E-state index in [1.165, 1.54) is 31.4 Å². The van der Waals surface area contributed by atoms with Crippen molar-refractivity contribution in [3.63, 3.8) is 0 Å². The highest BCUT2D eigenvalue weighted by atomic mass is 19.4. The SMILES string of the molecule is COc1ccc(-c2cc(C(F)(F)F)n3ncc(C(=O)Nc4cnn(Cc5c(F)cc(F)c(F)c5F)c4)c3n2)cc1. The highest BCUT2D eigenvalue weighted by Gasteiger charge is 2.36. The Hall–Kier alpha value is -4.95. The third-order valence-corrected chi connectivity index (χ3v) is 5.81. The summed E-state index contributed by atoms with van der Waals surface area (Å²) in [6, 6.07) is 7.06.